The van der Waals surface area contributed by atoms with Crippen molar-refractivity contribution in [1.29, 1.82) is 5.26 Å². The van der Waals surface area contributed by atoms with E-state index in [1.54, 1.807) is 11.3 Å². The molecule has 2 aromatic heterocycles. The van der Waals surface area contributed by atoms with Gasteiger partial charge >= 0.3 is 0 Å². The molecule has 0 bridgehead atoms. The summed E-state index contributed by atoms with van der Waals surface area (Å²) < 4.78 is 8.42. The summed E-state index contributed by atoms with van der Waals surface area (Å²) in [5.74, 6) is 1.48. The highest BCUT2D eigenvalue weighted by atomic mass is 32.1. The maximum Gasteiger partial charge on any atom is 0.206 e. The standard InChI is InChI=1S/C21H14N2OS2.C6H14O.C2H6/c1-12-6-13-9-20-14(10-19(13)25-12)7-16(26-20)8-15(11-22)21-23-17-4-2-3-5-18(17)24-21;1-3-6(2)4-5-7;1-2/h2-10,21,23H,1H3;6-7H,3-5H2,1-2H3;1-2H3/b15-8+;;. The van der Waals surface area contributed by atoms with Crippen LogP contribution in [0.15, 0.2) is 54.1 Å². The van der Waals surface area contributed by atoms with Crippen molar-refractivity contribution in [2.45, 2.75) is 53.7 Å². The number of ether oxygens (including phenoxy) is 1. The number of aliphatic hydroxyl groups excluding tert-OH is 1. The fraction of sp³-hybridized carbons (Fsp3) is 0.345. The molecule has 2 atom stereocenters. The number of hydrogen-bond acceptors (Lipinski definition) is 6. The van der Waals surface area contributed by atoms with Gasteiger partial charge in [-0.15, -0.1) is 22.7 Å². The van der Waals surface area contributed by atoms with Crippen LogP contribution in [0.25, 0.3) is 26.2 Å². The van der Waals surface area contributed by atoms with Crippen molar-refractivity contribution in [3.05, 3.63) is 63.9 Å². The summed E-state index contributed by atoms with van der Waals surface area (Å²) in [4.78, 5) is 2.39. The Morgan fingerprint density at radius 1 is 1.14 bits per heavy atom. The monoisotopic (exact) mass is 506 g/mol. The van der Waals surface area contributed by atoms with Crippen molar-refractivity contribution in [2.75, 3.05) is 11.9 Å². The molecule has 0 aliphatic carbocycles. The Morgan fingerprint density at radius 3 is 2.46 bits per heavy atom. The van der Waals surface area contributed by atoms with Gasteiger partial charge in [-0.25, -0.2) is 0 Å². The van der Waals surface area contributed by atoms with Crippen molar-refractivity contribution in [3.8, 4) is 11.8 Å². The van der Waals surface area contributed by atoms with Gasteiger partial charge in [0, 0.05) is 25.8 Å². The van der Waals surface area contributed by atoms with Crippen LogP contribution in [0, 0.1) is 24.2 Å². The molecule has 0 saturated carbocycles. The van der Waals surface area contributed by atoms with E-state index in [-0.39, 0.29) is 0 Å². The SMILES string of the molecule is CC.CCC(C)CCO.Cc1cc2cc3sc(/C=C(\C#N)C4Nc5ccccc5O4)cc3cc2s1. The third kappa shape index (κ3) is 6.64. The highest BCUT2D eigenvalue weighted by Crippen LogP contribution is 2.36. The van der Waals surface area contributed by atoms with Gasteiger partial charge in [-0.2, -0.15) is 5.26 Å². The Labute approximate surface area is 216 Å². The van der Waals surface area contributed by atoms with Gasteiger partial charge < -0.3 is 15.2 Å². The number of para-hydroxylation sites is 2. The predicted octanol–water partition coefficient (Wildman–Crippen LogP) is 8.60. The molecule has 184 valence electrons. The Balaban J connectivity index is 0.000000331. The van der Waals surface area contributed by atoms with Crippen LogP contribution < -0.4 is 10.1 Å². The smallest absolute Gasteiger partial charge is 0.206 e. The topological polar surface area (TPSA) is 65.3 Å². The Hall–Kier alpha value is -2.85. The van der Waals surface area contributed by atoms with Crippen molar-refractivity contribution < 1.29 is 9.84 Å². The van der Waals surface area contributed by atoms with Crippen molar-refractivity contribution >= 4 is 54.6 Å². The average molecular weight is 507 g/mol. The molecule has 1 aliphatic heterocycles. The summed E-state index contributed by atoms with van der Waals surface area (Å²) >= 11 is 3.52. The molecule has 5 rings (SSSR count). The maximum atomic E-state index is 9.62. The minimum Gasteiger partial charge on any atom is -0.464 e. The first-order valence-corrected chi connectivity index (χ1v) is 13.8. The van der Waals surface area contributed by atoms with Gasteiger partial charge in [-0.3, -0.25) is 0 Å². The molecular weight excluding hydrogens is 472 g/mol. The molecule has 4 aromatic rings. The van der Waals surface area contributed by atoms with Gasteiger partial charge in [-0.05, 0) is 72.5 Å². The van der Waals surface area contributed by atoms with Crippen LogP contribution in [0.1, 0.15) is 50.3 Å². The number of nitrogens with one attached hydrogen (secondary N) is 1. The number of hydrogen-bond donors (Lipinski definition) is 2. The summed E-state index contributed by atoms with van der Waals surface area (Å²) in [5, 5.41) is 23.8. The summed E-state index contributed by atoms with van der Waals surface area (Å²) in [5.41, 5.74) is 1.50. The van der Waals surface area contributed by atoms with Gasteiger partial charge in [0.05, 0.1) is 11.3 Å². The van der Waals surface area contributed by atoms with Gasteiger partial charge in [-0.1, -0.05) is 46.2 Å². The summed E-state index contributed by atoms with van der Waals surface area (Å²) in [6, 6.07) is 18.9. The molecule has 2 unspecified atom stereocenters. The molecule has 0 fully saturated rings. The lowest BCUT2D eigenvalue weighted by molar-refractivity contribution is 0.260. The number of nitrogens with zero attached hydrogens (tertiary/aromatic N) is 1. The second kappa shape index (κ2) is 12.7. The molecule has 0 amide bonds. The average Bonchev–Trinajstić information content (AvgIpc) is 3.57. The van der Waals surface area contributed by atoms with E-state index in [2.05, 4.69) is 56.4 Å². The van der Waals surface area contributed by atoms with E-state index in [1.165, 1.54) is 31.5 Å². The summed E-state index contributed by atoms with van der Waals surface area (Å²) in [7, 11) is 0. The summed E-state index contributed by atoms with van der Waals surface area (Å²) in [6.45, 7) is 10.8. The molecule has 0 spiro atoms. The van der Waals surface area contributed by atoms with Crippen LogP contribution in [0.2, 0.25) is 0 Å². The fourth-order valence-electron chi connectivity index (χ4n) is 3.67. The quantitative estimate of drug-likeness (QED) is 0.266. The van der Waals surface area contributed by atoms with Gasteiger partial charge in [0.25, 0.3) is 0 Å². The van der Waals surface area contributed by atoms with Crippen molar-refractivity contribution in [1.82, 2.24) is 0 Å². The van der Waals surface area contributed by atoms with E-state index < -0.39 is 6.23 Å². The zero-order valence-electron chi connectivity index (χ0n) is 21.1. The zero-order valence-corrected chi connectivity index (χ0v) is 22.7. The van der Waals surface area contributed by atoms with Crippen molar-refractivity contribution in [3.63, 3.8) is 0 Å². The lowest BCUT2D eigenvalue weighted by Gasteiger charge is -2.09. The van der Waals surface area contributed by atoms with Crippen LogP contribution in [0.3, 0.4) is 0 Å². The van der Waals surface area contributed by atoms with Gasteiger partial charge in [0.15, 0.2) is 0 Å². The number of anilines is 1. The first kappa shape index (κ1) is 26.7. The van der Waals surface area contributed by atoms with Crippen LogP contribution >= 0.6 is 22.7 Å². The highest BCUT2D eigenvalue weighted by molar-refractivity contribution is 7.21. The Bertz CT molecular complexity index is 1250. The molecule has 0 saturated heterocycles. The first-order valence-electron chi connectivity index (χ1n) is 12.2. The predicted molar refractivity (Wildman–Crippen MR) is 153 cm³/mol. The van der Waals surface area contributed by atoms with Crippen LogP contribution in [0.4, 0.5) is 5.69 Å². The second-order valence-electron chi connectivity index (χ2n) is 8.31. The van der Waals surface area contributed by atoms with E-state index in [0.717, 1.165) is 22.7 Å². The number of benzene rings is 2. The van der Waals surface area contributed by atoms with E-state index in [1.807, 2.05) is 55.5 Å². The minimum absolute atomic E-state index is 0.342. The third-order valence-corrected chi connectivity index (χ3v) is 7.80. The molecule has 3 heterocycles. The van der Waals surface area contributed by atoms with Gasteiger partial charge in [0.1, 0.15) is 11.8 Å². The Kier molecular flexibility index (Phi) is 9.73. The number of nitriles is 1. The minimum atomic E-state index is -0.436. The Morgan fingerprint density at radius 2 is 1.83 bits per heavy atom. The normalized spacial score (nSPS) is 15.1. The fourth-order valence-corrected chi connectivity index (χ4v) is 5.67. The molecule has 35 heavy (non-hydrogen) atoms. The molecule has 4 nitrogen and oxygen atoms in total. The lowest BCUT2D eigenvalue weighted by atomic mass is 10.1. The number of fused-ring (bicyclic) bond motifs is 3. The van der Waals surface area contributed by atoms with E-state index in [4.69, 9.17) is 9.84 Å². The molecule has 2 N–H and O–H groups in total. The lowest BCUT2D eigenvalue weighted by Crippen LogP contribution is -2.21. The summed E-state index contributed by atoms with van der Waals surface area (Å²) in [6.07, 6.45) is 3.62. The largest absolute Gasteiger partial charge is 0.464 e. The van der Waals surface area contributed by atoms with E-state index in [0.29, 0.717) is 18.1 Å². The van der Waals surface area contributed by atoms with Crippen LogP contribution in [-0.4, -0.2) is 17.9 Å². The van der Waals surface area contributed by atoms with E-state index in [9.17, 15) is 5.26 Å². The van der Waals surface area contributed by atoms with Crippen LogP contribution in [0.5, 0.6) is 5.75 Å². The molecule has 1 aliphatic rings. The van der Waals surface area contributed by atoms with E-state index >= 15 is 0 Å². The second-order valence-corrected chi connectivity index (χ2v) is 10.7. The number of aliphatic hydroxyl groups is 1. The first-order chi connectivity index (χ1) is 17.0. The molecule has 2 aromatic carbocycles. The molecule has 6 heteroatoms. The number of aryl methyl sites for hydroxylation is 1. The molecule has 0 radical (unpaired) electrons. The number of rotatable bonds is 5. The highest BCUT2D eigenvalue weighted by Gasteiger charge is 2.25. The number of thiophene rings is 2. The molecular formula is C29H34N2O2S2. The van der Waals surface area contributed by atoms with Crippen LogP contribution in [-0.2, 0) is 0 Å². The van der Waals surface area contributed by atoms with Gasteiger partial charge in [0.2, 0.25) is 6.23 Å². The third-order valence-electron chi connectivity index (χ3n) is 5.74. The van der Waals surface area contributed by atoms with Crippen molar-refractivity contribution in [2.24, 2.45) is 5.92 Å². The maximum absolute atomic E-state index is 9.62. The zero-order chi connectivity index (χ0) is 25.4.